The Labute approximate surface area is 181 Å². The zero-order chi connectivity index (χ0) is 23.1. The van der Waals surface area contributed by atoms with Crippen LogP contribution in [0.15, 0.2) is 6.20 Å². The zero-order valence-electron chi connectivity index (χ0n) is 18.2. The lowest BCUT2D eigenvalue weighted by atomic mass is 9.87. The van der Waals surface area contributed by atoms with Gasteiger partial charge < -0.3 is 20.1 Å². The van der Waals surface area contributed by atoms with E-state index in [1.165, 1.54) is 4.90 Å². The lowest BCUT2D eigenvalue weighted by Crippen LogP contribution is -2.56. The van der Waals surface area contributed by atoms with Gasteiger partial charge in [0, 0.05) is 36.0 Å². The number of aromatic nitrogens is 1. The van der Waals surface area contributed by atoms with Crippen LogP contribution in [0.1, 0.15) is 42.5 Å². The number of aliphatic carboxylic acids is 3. The molecule has 1 aromatic heterocycles. The third-order valence-corrected chi connectivity index (χ3v) is 5.75. The molecule has 1 unspecified atom stereocenters. The number of pyridine rings is 1. The highest BCUT2D eigenvalue weighted by Gasteiger charge is 2.37. The molecule has 3 N–H and O–H groups in total. The van der Waals surface area contributed by atoms with E-state index in [0.717, 1.165) is 24.0 Å². The highest BCUT2D eigenvalue weighted by molar-refractivity contribution is 5.72. The monoisotopic (exact) mass is 437 g/mol. The van der Waals surface area contributed by atoms with E-state index in [0.29, 0.717) is 24.3 Å². The summed E-state index contributed by atoms with van der Waals surface area (Å²) in [5.74, 6) is -2.55. The van der Waals surface area contributed by atoms with Gasteiger partial charge in [-0.05, 0) is 26.7 Å². The minimum absolute atomic E-state index is 0.240. The van der Waals surface area contributed by atoms with Gasteiger partial charge in [-0.1, -0.05) is 12.8 Å². The summed E-state index contributed by atoms with van der Waals surface area (Å²) < 4.78 is 5.46. The third kappa shape index (κ3) is 6.63. The number of rotatable bonds is 11. The van der Waals surface area contributed by atoms with Gasteiger partial charge in [-0.2, -0.15) is 0 Å². The summed E-state index contributed by atoms with van der Waals surface area (Å²) in [5.41, 5.74) is 2.37. The van der Waals surface area contributed by atoms with E-state index < -0.39 is 31.0 Å². The van der Waals surface area contributed by atoms with Crippen molar-refractivity contribution in [3.05, 3.63) is 23.0 Å². The smallest absolute Gasteiger partial charge is 0.317 e. The number of aryl methyl sites for hydroxylation is 1. The number of methoxy groups -OCH3 is 1. The molecule has 0 radical (unpaired) electrons. The van der Waals surface area contributed by atoms with Crippen molar-refractivity contribution in [3.63, 3.8) is 0 Å². The van der Waals surface area contributed by atoms with Crippen molar-refractivity contribution in [2.24, 2.45) is 0 Å². The molecule has 2 rings (SSSR count). The summed E-state index contributed by atoms with van der Waals surface area (Å²) in [6.45, 7) is 2.90. The molecule has 2 atom stereocenters. The van der Waals surface area contributed by atoms with Gasteiger partial charge in [0.2, 0.25) is 0 Å². The molecule has 1 saturated carbocycles. The summed E-state index contributed by atoms with van der Waals surface area (Å²) in [6, 6.07) is -0.690. The molecule has 172 valence electrons. The second-order valence-electron chi connectivity index (χ2n) is 7.96. The van der Waals surface area contributed by atoms with Crippen molar-refractivity contribution in [1.82, 2.24) is 14.8 Å². The Balaban J connectivity index is 2.38. The molecule has 0 aromatic carbocycles. The molecule has 0 amide bonds. The van der Waals surface area contributed by atoms with Crippen molar-refractivity contribution in [3.8, 4) is 5.75 Å². The molecule has 0 saturated heterocycles. The minimum Gasteiger partial charge on any atom is -0.496 e. The predicted octanol–water partition coefficient (Wildman–Crippen LogP) is 1.38. The normalized spacial score (nSPS) is 18.9. The molecule has 1 heterocycles. The molecule has 10 nitrogen and oxygen atoms in total. The van der Waals surface area contributed by atoms with Gasteiger partial charge in [0.1, 0.15) is 5.75 Å². The van der Waals surface area contributed by atoms with Gasteiger partial charge in [-0.25, -0.2) is 0 Å². The Kier molecular flexibility index (Phi) is 8.76. The Morgan fingerprint density at radius 2 is 1.45 bits per heavy atom. The van der Waals surface area contributed by atoms with E-state index in [2.05, 4.69) is 4.98 Å². The van der Waals surface area contributed by atoms with E-state index in [4.69, 9.17) is 4.74 Å². The topological polar surface area (TPSA) is 140 Å². The van der Waals surface area contributed by atoms with Gasteiger partial charge in [-0.3, -0.25) is 29.2 Å². The number of hydrogen-bond acceptors (Lipinski definition) is 7. The number of carbonyl (C=O) groups is 3. The van der Waals surface area contributed by atoms with Crippen LogP contribution in [0.5, 0.6) is 5.75 Å². The van der Waals surface area contributed by atoms with Crippen molar-refractivity contribution in [2.45, 2.75) is 58.2 Å². The van der Waals surface area contributed by atoms with Crippen LogP contribution in [0.25, 0.3) is 0 Å². The minimum atomic E-state index is -1.11. The zero-order valence-corrected chi connectivity index (χ0v) is 18.2. The van der Waals surface area contributed by atoms with Gasteiger partial charge in [0.05, 0.1) is 32.4 Å². The van der Waals surface area contributed by atoms with Crippen LogP contribution >= 0.6 is 0 Å². The number of carboxylic acid groups (broad SMARTS) is 3. The van der Waals surface area contributed by atoms with Crippen LogP contribution in [-0.2, 0) is 20.9 Å². The van der Waals surface area contributed by atoms with E-state index in [9.17, 15) is 29.7 Å². The fourth-order valence-electron chi connectivity index (χ4n) is 4.47. The van der Waals surface area contributed by atoms with Crippen molar-refractivity contribution in [1.29, 1.82) is 0 Å². The quantitative estimate of drug-likeness (QED) is 0.465. The molecule has 0 aliphatic heterocycles. The number of ether oxygens (including phenoxy) is 1. The van der Waals surface area contributed by atoms with Crippen LogP contribution in [0, 0.1) is 13.8 Å². The third-order valence-electron chi connectivity index (χ3n) is 5.75. The van der Waals surface area contributed by atoms with Gasteiger partial charge in [0.25, 0.3) is 0 Å². The molecular weight excluding hydrogens is 406 g/mol. The SMILES string of the molecule is COc1c(C)cnc(CN(CC(=O)O)[C@H]2CCCCC2N(CC(=O)O)CC(=O)O)c1C. The van der Waals surface area contributed by atoms with Gasteiger partial charge in [-0.15, -0.1) is 0 Å². The highest BCUT2D eigenvalue weighted by Crippen LogP contribution is 2.30. The van der Waals surface area contributed by atoms with Gasteiger partial charge in [0.15, 0.2) is 0 Å². The molecule has 1 aliphatic rings. The number of nitrogens with zero attached hydrogens (tertiary/aromatic N) is 3. The highest BCUT2D eigenvalue weighted by atomic mass is 16.5. The first kappa shape index (κ1) is 24.5. The Morgan fingerprint density at radius 3 is 1.94 bits per heavy atom. The maximum atomic E-state index is 11.6. The maximum Gasteiger partial charge on any atom is 0.317 e. The van der Waals surface area contributed by atoms with Crippen LogP contribution in [-0.4, -0.2) is 86.8 Å². The first-order chi connectivity index (χ1) is 14.6. The lowest BCUT2D eigenvalue weighted by Gasteiger charge is -2.43. The van der Waals surface area contributed by atoms with Gasteiger partial charge >= 0.3 is 17.9 Å². The Hall–Kier alpha value is -2.72. The molecule has 0 bridgehead atoms. The molecule has 0 spiro atoms. The number of carboxylic acids is 3. The van der Waals surface area contributed by atoms with Crippen LogP contribution < -0.4 is 4.74 Å². The van der Waals surface area contributed by atoms with E-state index in [1.54, 1.807) is 18.2 Å². The Morgan fingerprint density at radius 1 is 0.968 bits per heavy atom. The average Bonchev–Trinajstić information content (AvgIpc) is 2.68. The van der Waals surface area contributed by atoms with E-state index in [-0.39, 0.29) is 25.2 Å². The van der Waals surface area contributed by atoms with Crippen molar-refractivity contribution < 1.29 is 34.4 Å². The summed E-state index contributed by atoms with van der Waals surface area (Å²) in [4.78, 5) is 42.0. The lowest BCUT2D eigenvalue weighted by molar-refractivity contribution is -0.146. The molecule has 1 aliphatic carbocycles. The summed E-state index contributed by atoms with van der Waals surface area (Å²) in [6.07, 6.45) is 4.61. The first-order valence-electron chi connectivity index (χ1n) is 10.3. The van der Waals surface area contributed by atoms with Crippen LogP contribution in [0.3, 0.4) is 0 Å². The van der Waals surface area contributed by atoms with E-state index >= 15 is 0 Å². The summed E-state index contributed by atoms with van der Waals surface area (Å²) in [7, 11) is 1.57. The first-order valence-corrected chi connectivity index (χ1v) is 10.3. The molecule has 10 heteroatoms. The van der Waals surface area contributed by atoms with Crippen molar-refractivity contribution >= 4 is 17.9 Å². The fraction of sp³-hybridized carbons (Fsp3) is 0.619. The summed E-state index contributed by atoms with van der Waals surface area (Å²) >= 11 is 0. The Bertz CT molecular complexity index is 798. The average molecular weight is 437 g/mol. The standard InChI is InChI=1S/C21H31N3O7/c1-13-8-22-15(14(2)21(13)31-3)9-23(10-18(25)26)16-6-4-5-7-17(16)24(11-19(27)28)12-20(29)30/h8,16-17H,4-7,9-12H2,1-3H3,(H,25,26)(H,27,28)(H,29,30)/t16-,17?/m0/s1. The molecular formula is C21H31N3O7. The second kappa shape index (κ2) is 11.1. The maximum absolute atomic E-state index is 11.6. The molecule has 1 aromatic rings. The fourth-order valence-corrected chi connectivity index (χ4v) is 4.47. The van der Waals surface area contributed by atoms with E-state index in [1.807, 2.05) is 13.8 Å². The summed E-state index contributed by atoms with van der Waals surface area (Å²) in [5, 5.41) is 28.1. The van der Waals surface area contributed by atoms with Crippen molar-refractivity contribution in [2.75, 3.05) is 26.7 Å². The van der Waals surface area contributed by atoms with Crippen LogP contribution in [0.2, 0.25) is 0 Å². The molecule has 1 fully saturated rings. The molecule has 31 heavy (non-hydrogen) atoms. The predicted molar refractivity (Wildman–Crippen MR) is 111 cm³/mol. The second-order valence-corrected chi connectivity index (χ2v) is 7.96. The van der Waals surface area contributed by atoms with Crippen LogP contribution in [0.4, 0.5) is 0 Å². The number of hydrogen-bond donors (Lipinski definition) is 3. The largest absolute Gasteiger partial charge is 0.496 e.